The van der Waals surface area contributed by atoms with Gasteiger partial charge in [0.2, 0.25) is 0 Å². The van der Waals surface area contributed by atoms with Crippen LogP contribution in [0.25, 0.3) is 0 Å². The number of halogens is 1. The zero-order valence-electron chi connectivity index (χ0n) is 15.3. The van der Waals surface area contributed by atoms with Crippen molar-refractivity contribution in [2.24, 2.45) is 0 Å². The predicted molar refractivity (Wildman–Crippen MR) is 93.0 cm³/mol. The van der Waals surface area contributed by atoms with E-state index in [1.165, 1.54) is 0 Å². The molecule has 7 nitrogen and oxygen atoms in total. The molecule has 0 aliphatic carbocycles. The molecule has 0 fully saturated rings. The molecule has 1 aromatic carbocycles. The van der Waals surface area contributed by atoms with E-state index in [0.29, 0.717) is 6.07 Å². The molecule has 0 atom stereocenters. The van der Waals surface area contributed by atoms with Crippen LogP contribution in [0.5, 0.6) is 5.75 Å². The highest BCUT2D eigenvalue weighted by Crippen LogP contribution is 2.36. The van der Waals surface area contributed by atoms with Crippen molar-refractivity contribution >= 4 is 20.0 Å². The van der Waals surface area contributed by atoms with Crippen LogP contribution in [0.4, 0.5) is 10.1 Å². The third-order valence-corrected chi connectivity index (χ3v) is 8.80. The molecule has 0 aliphatic rings. The zero-order valence-corrected chi connectivity index (χ0v) is 16.3. The minimum atomic E-state index is -1.97. The Morgan fingerprint density at radius 1 is 1.28 bits per heavy atom. The fraction of sp³-hybridized carbons (Fsp3) is 0.562. The molecule has 0 saturated carbocycles. The van der Waals surface area contributed by atoms with E-state index >= 15 is 0 Å². The Balaban J connectivity index is 2.90. The van der Waals surface area contributed by atoms with E-state index in [1.54, 1.807) is 0 Å². The largest absolute Gasteiger partial charge is 0.484 e. The molecule has 0 bridgehead atoms. The molecule has 0 heterocycles. The van der Waals surface area contributed by atoms with E-state index in [-0.39, 0.29) is 24.0 Å². The summed E-state index contributed by atoms with van der Waals surface area (Å²) in [6.45, 7) is 10.7. The van der Waals surface area contributed by atoms with Gasteiger partial charge in [0.1, 0.15) is 12.4 Å². The highest BCUT2D eigenvalue weighted by Gasteiger charge is 2.37. The Morgan fingerprint density at radius 3 is 2.36 bits per heavy atom. The van der Waals surface area contributed by atoms with E-state index in [4.69, 9.17) is 9.16 Å². The lowest BCUT2D eigenvalue weighted by Crippen LogP contribution is -2.41. The van der Waals surface area contributed by atoms with Gasteiger partial charge in [-0.25, -0.2) is 9.18 Å². The molecular weight excluding hydrogens is 349 g/mol. The molecule has 1 rings (SSSR count). The van der Waals surface area contributed by atoms with Gasteiger partial charge in [0, 0.05) is 6.07 Å². The minimum absolute atomic E-state index is 0.0208. The minimum Gasteiger partial charge on any atom is -0.484 e. The fourth-order valence-corrected chi connectivity index (χ4v) is 2.76. The van der Waals surface area contributed by atoms with Crippen LogP contribution >= 0.6 is 0 Å². The topological polar surface area (TPSA) is 87.9 Å². The monoisotopic (exact) mass is 373 g/mol. The summed E-state index contributed by atoms with van der Waals surface area (Å²) in [4.78, 5) is 21.8. The Bertz CT molecular complexity index is 657. The first kappa shape index (κ1) is 21.0. The van der Waals surface area contributed by atoms with Gasteiger partial charge in [-0.1, -0.05) is 20.8 Å². The molecule has 25 heavy (non-hydrogen) atoms. The van der Waals surface area contributed by atoms with E-state index in [1.807, 2.05) is 0 Å². The predicted octanol–water partition coefficient (Wildman–Crippen LogP) is 3.92. The number of esters is 1. The van der Waals surface area contributed by atoms with Crippen LogP contribution in [-0.2, 0) is 9.16 Å². The van der Waals surface area contributed by atoms with Crippen molar-refractivity contribution in [2.45, 2.75) is 38.9 Å². The van der Waals surface area contributed by atoms with Crippen molar-refractivity contribution in [1.82, 2.24) is 0 Å². The van der Waals surface area contributed by atoms with Crippen LogP contribution in [0, 0.1) is 15.9 Å². The number of ether oxygens (including phenoxy) is 2. The normalized spacial score (nSPS) is 12.0. The maximum absolute atomic E-state index is 13.8. The smallest absolute Gasteiger partial charge is 0.340 e. The standard InChI is InChI=1S/C16H24FNO6Si/c1-16(2,3)25(5,6)24-8-7-23-14-9-11(15(19)22-4)12(17)10-13(14)18(20)21/h9-10H,7-8H2,1-6H3. The van der Waals surface area contributed by atoms with Crippen LogP contribution in [0.1, 0.15) is 31.1 Å². The molecule has 140 valence electrons. The Hall–Kier alpha value is -2.00. The Kier molecular flexibility index (Phi) is 6.66. The number of hydrogen-bond donors (Lipinski definition) is 0. The second-order valence-electron chi connectivity index (χ2n) is 7.01. The van der Waals surface area contributed by atoms with Crippen molar-refractivity contribution in [3.63, 3.8) is 0 Å². The zero-order chi connectivity index (χ0) is 19.4. The van der Waals surface area contributed by atoms with Gasteiger partial charge in [-0.2, -0.15) is 0 Å². The quantitative estimate of drug-likeness (QED) is 0.237. The molecule has 0 radical (unpaired) electrons. The average molecular weight is 373 g/mol. The van der Waals surface area contributed by atoms with Crippen LogP contribution in [0.3, 0.4) is 0 Å². The third kappa shape index (κ3) is 5.23. The fourth-order valence-electron chi connectivity index (χ4n) is 1.73. The summed E-state index contributed by atoms with van der Waals surface area (Å²) < 4.78 is 29.6. The van der Waals surface area contributed by atoms with Gasteiger partial charge < -0.3 is 13.9 Å². The van der Waals surface area contributed by atoms with Gasteiger partial charge in [0.25, 0.3) is 0 Å². The van der Waals surface area contributed by atoms with Crippen molar-refractivity contribution in [3.8, 4) is 5.75 Å². The van der Waals surface area contributed by atoms with E-state index in [2.05, 4.69) is 38.6 Å². The van der Waals surface area contributed by atoms with Gasteiger partial charge in [-0.05, 0) is 18.1 Å². The molecule has 9 heteroatoms. The van der Waals surface area contributed by atoms with Crippen LogP contribution < -0.4 is 4.74 Å². The highest BCUT2D eigenvalue weighted by molar-refractivity contribution is 6.74. The maximum Gasteiger partial charge on any atom is 0.340 e. The maximum atomic E-state index is 13.8. The van der Waals surface area contributed by atoms with Gasteiger partial charge in [0.05, 0.1) is 30.3 Å². The number of nitrogens with zero attached hydrogens (tertiary/aromatic N) is 1. The first-order valence-electron chi connectivity index (χ1n) is 7.73. The van der Waals surface area contributed by atoms with Crippen LogP contribution in [0.15, 0.2) is 12.1 Å². The number of nitro groups is 1. The van der Waals surface area contributed by atoms with Crippen LogP contribution in [0.2, 0.25) is 18.1 Å². The summed E-state index contributed by atoms with van der Waals surface area (Å²) in [7, 11) is -0.876. The summed E-state index contributed by atoms with van der Waals surface area (Å²) in [6, 6.07) is 1.63. The van der Waals surface area contributed by atoms with Crippen LogP contribution in [-0.4, -0.2) is 39.5 Å². The van der Waals surface area contributed by atoms with Gasteiger partial charge in [-0.3, -0.25) is 10.1 Å². The average Bonchev–Trinajstić information content (AvgIpc) is 2.50. The summed E-state index contributed by atoms with van der Waals surface area (Å²) in [5.74, 6) is -2.18. The molecule has 0 spiro atoms. The van der Waals surface area contributed by atoms with Gasteiger partial charge in [-0.15, -0.1) is 0 Å². The molecule has 0 amide bonds. The van der Waals surface area contributed by atoms with Crippen molar-refractivity contribution in [2.75, 3.05) is 20.3 Å². The number of carbonyl (C=O) groups excluding carboxylic acids is 1. The van der Waals surface area contributed by atoms with Crippen molar-refractivity contribution in [3.05, 3.63) is 33.6 Å². The molecule has 0 aromatic heterocycles. The molecule has 0 aliphatic heterocycles. The summed E-state index contributed by atoms with van der Waals surface area (Å²) in [6.07, 6.45) is 0. The number of carbonyl (C=O) groups is 1. The number of benzene rings is 1. The number of nitro benzene ring substituents is 1. The molecule has 1 aromatic rings. The van der Waals surface area contributed by atoms with Crippen molar-refractivity contribution < 1.29 is 28.0 Å². The summed E-state index contributed by atoms with van der Waals surface area (Å²) in [5.41, 5.74) is -0.981. The second-order valence-corrected chi connectivity index (χ2v) is 11.8. The molecule has 0 saturated heterocycles. The number of methoxy groups -OCH3 is 1. The molecule has 0 unspecified atom stereocenters. The molecular formula is C16H24FNO6Si. The Morgan fingerprint density at radius 2 is 1.88 bits per heavy atom. The molecule has 0 N–H and O–H groups in total. The van der Waals surface area contributed by atoms with E-state index in [0.717, 1.165) is 13.2 Å². The van der Waals surface area contributed by atoms with Crippen molar-refractivity contribution in [1.29, 1.82) is 0 Å². The number of rotatable bonds is 7. The lowest BCUT2D eigenvalue weighted by molar-refractivity contribution is -0.386. The van der Waals surface area contributed by atoms with E-state index < -0.39 is 36.3 Å². The first-order valence-corrected chi connectivity index (χ1v) is 10.6. The van der Waals surface area contributed by atoms with Gasteiger partial charge >= 0.3 is 11.7 Å². The SMILES string of the molecule is COC(=O)c1cc(OCCO[Si](C)(C)C(C)(C)C)c([N+](=O)[O-])cc1F. The Labute approximate surface area is 147 Å². The summed E-state index contributed by atoms with van der Waals surface area (Å²) in [5, 5.41) is 11.1. The third-order valence-electron chi connectivity index (χ3n) is 4.26. The lowest BCUT2D eigenvalue weighted by atomic mass is 10.1. The van der Waals surface area contributed by atoms with Gasteiger partial charge in [0.15, 0.2) is 14.1 Å². The van der Waals surface area contributed by atoms with E-state index in [9.17, 15) is 19.3 Å². The highest BCUT2D eigenvalue weighted by atomic mass is 28.4. The number of hydrogen-bond acceptors (Lipinski definition) is 6. The summed E-state index contributed by atoms with van der Waals surface area (Å²) >= 11 is 0. The lowest BCUT2D eigenvalue weighted by Gasteiger charge is -2.36. The second kappa shape index (κ2) is 7.92. The first-order chi connectivity index (χ1) is 11.4.